The quantitative estimate of drug-likeness (QED) is 0.610. The molecule has 0 aliphatic heterocycles. The number of benzene rings is 3. The maximum atomic E-state index is 12.5. The molecular weight excluding hydrogens is 364 g/mol. The third-order valence-corrected chi connectivity index (χ3v) is 4.72. The Kier molecular flexibility index (Phi) is 6.76. The van der Waals surface area contributed by atoms with E-state index in [1.165, 1.54) is 12.7 Å². The van der Waals surface area contributed by atoms with Crippen LogP contribution >= 0.6 is 0 Å². The Hall–Kier alpha value is -3.44. The average molecular weight is 389 g/mol. The summed E-state index contributed by atoms with van der Waals surface area (Å²) in [6, 6.07) is 25.2. The molecule has 1 amide bonds. The van der Waals surface area contributed by atoms with Crippen molar-refractivity contribution in [3.63, 3.8) is 0 Å². The van der Waals surface area contributed by atoms with E-state index >= 15 is 0 Å². The molecule has 0 radical (unpaired) electrons. The van der Waals surface area contributed by atoms with Crippen molar-refractivity contribution in [3.8, 4) is 0 Å². The number of carbonyl (C=O) groups is 2. The van der Waals surface area contributed by atoms with E-state index in [1.54, 1.807) is 24.3 Å². The van der Waals surface area contributed by atoms with Crippen LogP contribution in [0.5, 0.6) is 0 Å². The zero-order valence-corrected chi connectivity index (χ0v) is 16.6. The Bertz CT molecular complexity index is 952. The van der Waals surface area contributed by atoms with Gasteiger partial charge in [-0.05, 0) is 31.2 Å². The number of nitrogens with two attached hydrogens (primary N) is 1. The predicted octanol–water partition coefficient (Wildman–Crippen LogP) is 3.07. The van der Waals surface area contributed by atoms with E-state index in [0.717, 1.165) is 11.1 Å². The van der Waals surface area contributed by atoms with E-state index in [0.29, 0.717) is 11.3 Å². The number of rotatable bonds is 7. The fraction of sp³-hybridized carbons (Fsp3) is 0.167. The van der Waals surface area contributed by atoms with Crippen LogP contribution in [0.15, 0.2) is 78.9 Å². The fourth-order valence-electron chi connectivity index (χ4n) is 3.14. The Balaban J connectivity index is 1.66. The van der Waals surface area contributed by atoms with E-state index < -0.39 is 5.97 Å². The molecule has 0 aromatic heterocycles. The van der Waals surface area contributed by atoms with Crippen molar-refractivity contribution in [1.82, 2.24) is 0 Å². The molecule has 1 atom stereocenters. The summed E-state index contributed by atoms with van der Waals surface area (Å²) in [5.74, 6) is -0.510. The van der Waals surface area contributed by atoms with Gasteiger partial charge in [0.2, 0.25) is 0 Å². The maximum absolute atomic E-state index is 12.5. The minimum Gasteiger partial charge on any atom is -0.465 e. The molecule has 0 unspecified atom stereocenters. The minimum atomic E-state index is -0.403. The second kappa shape index (κ2) is 9.66. The molecule has 29 heavy (non-hydrogen) atoms. The van der Waals surface area contributed by atoms with Crippen LogP contribution in [0, 0.1) is 6.92 Å². The van der Waals surface area contributed by atoms with Crippen molar-refractivity contribution in [2.75, 3.05) is 19.0 Å². The van der Waals surface area contributed by atoms with Crippen molar-refractivity contribution < 1.29 is 19.6 Å². The lowest BCUT2D eigenvalue weighted by Crippen LogP contribution is -2.87. The first-order chi connectivity index (χ1) is 14.1. The van der Waals surface area contributed by atoms with Crippen LogP contribution in [0.4, 0.5) is 5.69 Å². The normalized spacial score (nSPS) is 11.5. The number of aryl methyl sites for hydroxylation is 1. The van der Waals surface area contributed by atoms with Crippen LogP contribution < -0.4 is 10.6 Å². The molecular formula is C24H25N2O3+. The standard InChI is InChI=1S/C24H24N2O3/c1-17-8-10-19(11-9-17)23(18-6-4-3-5-7-18)25-16-22(27)26-21-14-12-20(13-15-21)24(28)29-2/h3-15,23,25H,16H2,1-2H3,(H,26,27)/p+1/t23-/m1/s1. The molecule has 5 nitrogen and oxygen atoms in total. The molecule has 148 valence electrons. The summed E-state index contributed by atoms with van der Waals surface area (Å²) in [7, 11) is 1.34. The maximum Gasteiger partial charge on any atom is 0.337 e. The summed E-state index contributed by atoms with van der Waals surface area (Å²) < 4.78 is 4.68. The van der Waals surface area contributed by atoms with Crippen LogP contribution in [0.3, 0.4) is 0 Å². The topological polar surface area (TPSA) is 72.0 Å². The number of hydrogen-bond donors (Lipinski definition) is 2. The van der Waals surface area contributed by atoms with Gasteiger partial charge in [0.15, 0.2) is 6.54 Å². The van der Waals surface area contributed by atoms with Gasteiger partial charge in [-0.15, -0.1) is 0 Å². The molecule has 3 N–H and O–H groups in total. The molecule has 0 bridgehead atoms. The largest absolute Gasteiger partial charge is 0.465 e. The third-order valence-electron chi connectivity index (χ3n) is 4.72. The molecule has 5 heteroatoms. The van der Waals surface area contributed by atoms with Crippen LogP contribution in [-0.2, 0) is 9.53 Å². The SMILES string of the molecule is COC(=O)c1ccc(NC(=O)C[NH2+][C@H](c2ccccc2)c2ccc(C)cc2)cc1. The zero-order chi connectivity index (χ0) is 20.6. The van der Waals surface area contributed by atoms with Gasteiger partial charge in [0.05, 0.1) is 12.7 Å². The highest BCUT2D eigenvalue weighted by Gasteiger charge is 2.19. The summed E-state index contributed by atoms with van der Waals surface area (Å²) in [5, 5.41) is 4.90. The fourth-order valence-corrected chi connectivity index (χ4v) is 3.14. The number of hydrogen-bond acceptors (Lipinski definition) is 3. The molecule has 0 aliphatic carbocycles. The number of methoxy groups -OCH3 is 1. The summed E-state index contributed by atoms with van der Waals surface area (Å²) in [4.78, 5) is 24.0. The minimum absolute atomic E-state index is 0.0317. The lowest BCUT2D eigenvalue weighted by Gasteiger charge is -2.17. The number of carbonyl (C=O) groups excluding carboxylic acids is 2. The van der Waals surface area contributed by atoms with Gasteiger partial charge in [0.25, 0.3) is 5.91 Å². The number of ether oxygens (including phenoxy) is 1. The first-order valence-electron chi connectivity index (χ1n) is 9.50. The Labute approximate surface area is 170 Å². The van der Waals surface area contributed by atoms with Crippen molar-refractivity contribution in [2.24, 2.45) is 0 Å². The zero-order valence-electron chi connectivity index (χ0n) is 16.6. The lowest BCUT2D eigenvalue weighted by atomic mass is 9.98. The lowest BCUT2D eigenvalue weighted by molar-refractivity contribution is -0.676. The smallest absolute Gasteiger partial charge is 0.337 e. The number of quaternary nitrogens is 1. The van der Waals surface area contributed by atoms with E-state index in [9.17, 15) is 9.59 Å². The molecule has 3 aromatic carbocycles. The van der Waals surface area contributed by atoms with Gasteiger partial charge in [-0.3, -0.25) is 4.79 Å². The van der Waals surface area contributed by atoms with Crippen molar-refractivity contribution >= 4 is 17.6 Å². The molecule has 0 heterocycles. The highest BCUT2D eigenvalue weighted by molar-refractivity contribution is 5.93. The second-order valence-electron chi connectivity index (χ2n) is 6.86. The van der Waals surface area contributed by atoms with E-state index in [1.807, 2.05) is 23.5 Å². The Morgan fingerprint density at radius 3 is 2.14 bits per heavy atom. The molecule has 0 fully saturated rings. The third kappa shape index (κ3) is 5.53. The molecule has 3 rings (SSSR count). The van der Waals surface area contributed by atoms with Crippen LogP contribution in [-0.4, -0.2) is 25.5 Å². The number of esters is 1. The first kappa shape index (κ1) is 20.3. The van der Waals surface area contributed by atoms with Gasteiger partial charge < -0.3 is 15.4 Å². The van der Waals surface area contributed by atoms with E-state index in [-0.39, 0.29) is 18.5 Å². The van der Waals surface area contributed by atoms with E-state index in [4.69, 9.17) is 0 Å². The van der Waals surface area contributed by atoms with Gasteiger partial charge in [0.1, 0.15) is 6.04 Å². The number of nitrogens with one attached hydrogen (secondary N) is 1. The van der Waals surface area contributed by atoms with Gasteiger partial charge in [-0.25, -0.2) is 4.79 Å². The van der Waals surface area contributed by atoms with Crippen molar-refractivity contribution in [3.05, 3.63) is 101 Å². The van der Waals surface area contributed by atoms with Gasteiger partial charge in [0, 0.05) is 16.8 Å². The molecule has 0 aliphatic rings. The van der Waals surface area contributed by atoms with Crippen LogP contribution in [0.2, 0.25) is 0 Å². The summed E-state index contributed by atoms with van der Waals surface area (Å²) >= 11 is 0. The molecule has 0 saturated carbocycles. The Morgan fingerprint density at radius 2 is 1.52 bits per heavy atom. The first-order valence-corrected chi connectivity index (χ1v) is 9.50. The Morgan fingerprint density at radius 1 is 0.897 bits per heavy atom. The highest BCUT2D eigenvalue weighted by atomic mass is 16.5. The van der Waals surface area contributed by atoms with Gasteiger partial charge >= 0.3 is 5.97 Å². The van der Waals surface area contributed by atoms with Crippen LogP contribution in [0.1, 0.15) is 33.1 Å². The van der Waals surface area contributed by atoms with Gasteiger partial charge in [-0.2, -0.15) is 0 Å². The van der Waals surface area contributed by atoms with Crippen molar-refractivity contribution in [2.45, 2.75) is 13.0 Å². The summed E-state index contributed by atoms with van der Waals surface area (Å²) in [6.45, 7) is 2.33. The predicted molar refractivity (Wildman–Crippen MR) is 113 cm³/mol. The monoisotopic (exact) mass is 389 g/mol. The average Bonchev–Trinajstić information content (AvgIpc) is 2.76. The summed E-state index contributed by atoms with van der Waals surface area (Å²) in [6.07, 6.45) is 0. The van der Waals surface area contributed by atoms with Gasteiger partial charge in [-0.1, -0.05) is 60.2 Å². The highest BCUT2D eigenvalue weighted by Crippen LogP contribution is 2.18. The second-order valence-corrected chi connectivity index (χ2v) is 6.86. The number of anilines is 1. The molecule has 0 saturated heterocycles. The van der Waals surface area contributed by atoms with Crippen molar-refractivity contribution in [1.29, 1.82) is 0 Å². The molecule has 0 spiro atoms. The summed E-state index contributed by atoms with van der Waals surface area (Å²) in [5.41, 5.74) is 4.58. The molecule has 3 aromatic rings. The van der Waals surface area contributed by atoms with Crippen LogP contribution in [0.25, 0.3) is 0 Å². The number of amides is 1. The van der Waals surface area contributed by atoms with E-state index in [2.05, 4.69) is 53.4 Å².